The van der Waals surface area contributed by atoms with Crippen LogP contribution in [0.2, 0.25) is 0 Å². The first-order chi connectivity index (χ1) is 17.2. The van der Waals surface area contributed by atoms with Gasteiger partial charge in [-0.25, -0.2) is 9.97 Å². The summed E-state index contributed by atoms with van der Waals surface area (Å²) < 4.78 is 44.9. The normalized spacial score (nSPS) is 23.9. The van der Waals surface area contributed by atoms with E-state index in [1.807, 2.05) is 11.8 Å². The molecule has 2 saturated heterocycles. The number of ether oxygens (including phenoxy) is 1. The van der Waals surface area contributed by atoms with Gasteiger partial charge < -0.3 is 24.5 Å². The first-order valence-electron chi connectivity index (χ1n) is 12.1. The van der Waals surface area contributed by atoms with Crippen molar-refractivity contribution in [2.24, 2.45) is 11.1 Å². The molecular formula is C23H28FN7O4S. The van der Waals surface area contributed by atoms with Crippen molar-refractivity contribution in [3.63, 3.8) is 0 Å². The predicted molar refractivity (Wildman–Crippen MR) is 131 cm³/mol. The lowest BCUT2D eigenvalue weighted by molar-refractivity contribution is 0.0974. The number of halogens is 1. The minimum atomic E-state index is -5.08. The van der Waals surface area contributed by atoms with Gasteiger partial charge in [0, 0.05) is 36.8 Å². The molecule has 192 valence electrons. The Balaban J connectivity index is 1.23. The third-order valence-corrected chi connectivity index (χ3v) is 8.18. The van der Waals surface area contributed by atoms with Gasteiger partial charge in [-0.15, -0.1) is 0 Å². The summed E-state index contributed by atoms with van der Waals surface area (Å²) >= 11 is 0. The number of piperidine rings is 1. The molecule has 0 saturated carbocycles. The number of aryl methyl sites for hydroxylation is 1. The van der Waals surface area contributed by atoms with Gasteiger partial charge in [0.2, 0.25) is 0 Å². The van der Waals surface area contributed by atoms with Crippen LogP contribution in [-0.2, 0) is 21.7 Å². The Morgan fingerprint density at radius 1 is 1.28 bits per heavy atom. The summed E-state index contributed by atoms with van der Waals surface area (Å²) in [6.45, 7) is 5.13. The number of nitrogens with one attached hydrogen (secondary N) is 1. The van der Waals surface area contributed by atoms with E-state index in [9.17, 15) is 12.3 Å². The maximum atomic E-state index is 13.0. The monoisotopic (exact) mass is 517 g/mol. The van der Waals surface area contributed by atoms with Crippen LogP contribution in [0.1, 0.15) is 31.7 Å². The van der Waals surface area contributed by atoms with E-state index in [1.165, 1.54) is 6.07 Å². The van der Waals surface area contributed by atoms with Gasteiger partial charge in [-0.05, 0) is 56.4 Å². The third-order valence-electron chi connectivity index (χ3n) is 7.79. The molecule has 5 heterocycles. The zero-order chi connectivity index (χ0) is 25.1. The number of fused-ring (bicyclic) bond motifs is 2. The molecule has 0 unspecified atom stereocenters. The van der Waals surface area contributed by atoms with Gasteiger partial charge in [-0.1, -0.05) is 3.89 Å². The summed E-state index contributed by atoms with van der Waals surface area (Å²) in [6, 6.07) is 4.74. The second-order valence-corrected chi connectivity index (χ2v) is 10.8. The van der Waals surface area contributed by atoms with E-state index in [4.69, 9.17) is 20.4 Å². The smallest absolute Gasteiger partial charge is 0.376 e. The SMILES string of the molecule is C[C@@H]1OCC2(CCN(c3cnc4c(N5CCCc6cc(OS(=O)(=O)F)ccc65)n[nH]c4n3)CC2)[C@@H]1N. The molecule has 3 N–H and O–H groups in total. The summed E-state index contributed by atoms with van der Waals surface area (Å²) in [5, 5.41) is 7.51. The van der Waals surface area contributed by atoms with Crippen LogP contribution in [0.3, 0.4) is 0 Å². The van der Waals surface area contributed by atoms with Crippen LogP contribution in [0.4, 0.5) is 21.2 Å². The second kappa shape index (κ2) is 8.53. The average molecular weight is 518 g/mol. The Bertz CT molecular complexity index is 1410. The summed E-state index contributed by atoms with van der Waals surface area (Å²) in [5.41, 5.74) is 9.41. The van der Waals surface area contributed by atoms with Crippen LogP contribution in [0, 0.1) is 5.41 Å². The largest absolute Gasteiger partial charge is 0.488 e. The number of hydrogen-bond donors (Lipinski definition) is 2. The fourth-order valence-corrected chi connectivity index (χ4v) is 6.07. The van der Waals surface area contributed by atoms with Gasteiger partial charge >= 0.3 is 10.5 Å². The van der Waals surface area contributed by atoms with E-state index >= 15 is 0 Å². The van der Waals surface area contributed by atoms with E-state index < -0.39 is 10.5 Å². The van der Waals surface area contributed by atoms with Crippen molar-refractivity contribution in [3.05, 3.63) is 30.0 Å². The van der Waals surface area contributed by atoms with E-state index in [0.29, 0.717) is 36.6 Å². The number of nitrogens with two attached hydrogens (primary N) is 1. The number of aromatic amines is 1. The van der Waals surface area contributed by atoms with E-state index in [0.717, 1.165) is 49.4 Å². The summed E-state index contributed by atoms with van der Waals surface area (Å²) in [4.78, 5) is 13.7. The molecule has 1 aromatic carbocycles. The molecule has 2 aromatic heterocycles. The number of anilines is 3. The van der Waals surface area contributed by atoms with Gasteiger partial charge in [0.05, 0.1) is 18.9 Å². The minimum Gasteiger partial charge on any atom is -0.376 e. The lowest BCUT2D eigenvalue weighted by atomic mass is 9.73. The molecule has 3 aromatic rings. The van der Waals surface area contributed by atoms with E-state index in [-0.39, 0.29) is 23.3 Å². The number of benzene rings is 1. The number of aromatic nitrogens is 4. The zero-order valence-electron chi connectivity index (χ0n) is 19.9. The maximum absolute atomic E-state index is 13.0. The highest BCUT2D eigenvalue weighted by Crippen LogP contribution is 2.42. The minimum absolute atomic E-state index is 0.0373. The molecule has 3 aliphatic rings. The van der Waals surface area contributed by atoms with Gasteiger partial charge in [-0.2, -0.15) is 13.5 Å². The molecule has 0 aliphatic carbocycles. The maximum Gasteiger partial charge on any atom is 0.488 e. The van der Waals surface area contributed by atoms with Crippen LogP contribution < -0.4 is 19.7 Å². The Labute approximate surface area is 208 Å². The van der Waals surface area contributed by atoms with Crippen LogP contribution in [-0.4, -0.2) is 67.0 Å². The molecule has 0 amide bonds. The molecule has 2 fully saturated rings. The highest BCUT2D eigenvalue weighted by atomic mass is 32.3. The molecule has 0 radical (unpaired) electrons. The van der Waals surface area contributed by atoms with Crippen LogP contribution in [0.15, 0.2) is 24.4 Å². The first-order valence-corrected chi connectivity index (χ1v) is 13.4. The van der Waals surface area contributed by atoms with E-state index in [2.05, 4.69) is 19.3 Å². The molecule has 36 heavy (non-hydrogen) atoms. The predicted octanol–water partition coefficient (Wildman–Crippen LogP) is 2.36. The van der Waals surface area contributed by atoms with Crippen molar-refractivity contribution in [2.45, 2.75) is 44.8 Å². The number of rotatable bonds is 4. The Morgan fingerprint density at radius 2 is 2.08 bits per heavy atom. The number of hydrogen-bond acceptors (Lipinski definition) is 10. The number of H-pyrrole nitrogens is 1. The molecule has 3 aliphatic heterocycles. The topological polar surface area (TPSA) is 140 Å². The standard InChI is InChI=1S/C23H28FN7O4S/c1-14-20(25)23(13-34-14)6-9-30(10-7-23)18-12-26-19-21(27-18)28-29-22(19)31-8-2-3-15-11-16(4-5-17(15)31)35-36(24,32)33/h4-5,11-12,14,20H,2-3,6-10,13,25H2,1H3,(H,27,28,29)/t14-,20+/m0/s1. The van der Waals surface area contributed by atoms with Gasteiger partial charge in [0.1, 0.15) is 11.6 Å². The van der Waals surface area contributed by atoms with Crippen molar-refractivity contribution < 1.29 is 21.2 Å². The van der Waals surface area contributed by atoms with Gasteiger partial charge in [0.15, 0.2) is 17.0 Å². The summed E-state index contributed by atoms with van der Waals surface area (Å²) in [5.74, 6) is 1.37. The molecule has 2 atom stereocenters. The van der Waals surface area contributed by atoms with Gasteiger partial charge in [0.25, 0.3) is 0 Å². The van der Waals surface area contributed by atoms with E-state index in [1.54, 1.807) is 18.3 Å². The highest BCUT2D eigenvalue weighted by Gasteiger charge is 2.47. The quantitative estimate of drug-likeness (QED) is 0.496. The molecule has 0 bridgehead atoms. The molecular weight excluding hydrogens is 489 g/mol. The molecule has 1 spiro atoms. The van der Waals surface area contributed by atoms with Crippen LogP contribution in [0.5, 0.6) is 5.75 Å². The lowest BCUT2D eigenvalue weighted by Gasteiger charge is -2.41. The van der Waals surface area contributed by atoms with Crippen molar-refractivity contribution >= 4 is 39.0 Å². The first kappa shape index (κ1) is 23.4. The van der Waals surface area contributed by atoms with Crippen LogP contribution in [0.25, 0.3) is 11.2 Å². The van der Waals surface area contributed by atoms with Crippen molar-refractivity contribution in [1.82, 2.24) is 20.2 Å². The number of nitrogens with zero attached hydrogens (tertiary/aromatic N) is 5. The van der Waals surface area contributed by atoms with Crippen molar-refractivity contribution in [2.75, 3.05) is 36.0 Å². The average Bonchev–Trinajstić information content (AvgIpc) is 3.39. The lowest BCUT2D eigenvalue weighted by Crippen LogP contribution is -2.50. The fourth-order valence-electron chi connectivity index (χ4n) is 5.74. The molecule has 6 rings (SSSR count). The summed E-state index contributed by atoms with van der Waals surface area (Å²) in [7, 11) is -5.08. The second-order valence-electron chi connectivity index (χ2n) is 9.89. The van der Waals surface area contributed by atoms with Gasteiger partial charge in [-0.3, -0.25) is 5.10 Å². The van der Waals surface area contributed by atoms with Crippen molar-refractivity contribution in [3.8, 4) is 5.75 Å². The highest BCUT2D eigenvalue weighted by molar-refractivity contribution is 7.81. The third kappa shape index (κ3) is 4.04. The Hall–Kier alpha value is -3.03. The summed E-state index contributed by atoms with van der Waals surface area (Å²) in [6.07, 6.45) is 5.28. The molecule has 11 nitrogen and oxygen atoms in total. The Morgan fingerprint density at radius 3 is 2.81 bits per heavy atom. The fraction of sp³-hybridized carbons (Fsp3) is 0.522. The molecule has 13 heteroatoms. The van der Waals surface area contributed by atoms with Crippen molar-refractivity contribution in [1.29, 1.82) is 0 Å². The zero-order valence-corrected chi connectivity index (χ0v) is 20.7. The Kier molecular flexibility index (Phi) is 5.54. The van der Waals surface area contributed by atoms with Crippen LogP contribution >= 0.6 is 0 Å².